The molecule has 21 heavy (non-hydrogen) atoms. The van der Waals surface area contributed by atoms with Crippen molar-refractivity contribution in [1.82, 2.24) is 9.97 Å². The van der Waals surface area contributed by atoms with Crippen molar-refractivity contribution in [2.75, 3.05) is 12.4 Å². The van der Waals surface area contributed by atoms with E-state index in [0.29, 0.717) is 11.8 Å². The van der Waals surface area contributed by atoms with Crippen LogP contribution in [0.25, 0.3) is 0 Å². The molecule has 1 heterocycles. The lowest BCUT2D eigenvalue weighted by molar-refractivity contribution is 0.551. The second-order valence-electron chi connectivity index (χ2n) is 6.15. The van der Waals surface area contributed by atoms with Gasteiger partial charge in [0.2, 0.25) is 0 Å². The number of aromatic nitrogens is 2. The summed E-state index contributed by atoms with van der Waals surface area (Å²) >= 11 is 0. The molecule has 110 valence electrons. The number of benzene rings is 1. The van der Waals surface area contributed by atoms with E-state index in [1.165, 1.54) is 11.1 Å². The zero-order valence-corrected chi connectivity index (χ0v) is 13.1. The van der Waals surface area contributed by atoms with Crippen molar-refractivity contribution in [3.63, 3.8) is 0 Å². The molecule has 1 atom stereocenters. The van der Waals surface area contributed by atoms with Gasteiger partial charge in [0.15, 0.2) is 0 Å². The smallest absolute Gasteiger partial charge is 0.134 e. The number of hydrogen-bond acceptors (Lipinski definition) is 3. The highest BCUT2D eigenvalue weighted by Crippen LogP contribution is 2.32. The summed E-state index contributed by atoms with van der Waals surface area (Å²) in [4.78, 5) is 9.54. The molecule has 0 fully saturated rings. The van der Waals surface area contributed by atoms with E-state index in [2.05, 4.69) is 49.5 Å². The molecule has 0 amide bonds. The summed E-state index contributed by atoms with van der Waals surface area (Å²) in [5, 5.41) is 3.17. The van der Waals surface area contributed by atoms with Gasteiger partial charge in [-0.3, -0.25) is 0 Å². The maximum atomic E-state index is 4.83. The van der Waals surface area contributed by atoms with Crippen LogP contribution in [-0.2, 0) is 12.8 Å². The highest BCUT2D eigenvalue weighted by molar-refractivity contribution is 5.38. The van der Waals surface area contributed by atoms with Crippen molar-refractivity contribution in [2.45, 2.75) is 44.9 Å². The third-order valence-electron chi connectivity index (χ3n) is 4.32. The highest BCUT2D eigenvalue weighted by Gasteiger charge is 2.23. The predicted molar refractivity (Wildman–Crippen MR) is 86.9 cm³/mol. The Morgan fingerprint density at radius 1 is 1.14 bits per heavy atom. The van der Waals surface area contributed by atoms with E-state index in [0.717, 1.165) is 36.6 Å². The van der Waals surface area contributed by atoms with Gasteiger partial charge in [0.25, 0.3) is 0 Å². The lowest BCUT2D eigenvalue weighted by Gasteiger charge is -2.24. The molecule has 3 rings (SSSR count). The Morgan fingerprint density at radius 2 is 1.90 bits per heavy atom. The molecule has 1 aromatic heterocycles. The molecule has 0 radical (unpaired) electrons. The van der Waals surface area contributed by atoms with Crippen LogP contribution in [0.4, 0.5) is 5.82 Å². The minimum Gasteiger partial charge on any atom is -0.373 e. The van der Waals surface area contributed by atoms with Crippen LogP contribution in [0.3, 0.4) is 0 Å². The van der Waals surface area contributed by atoms with E-state index in [4.69, 9.17) is 9.97 Å². The lowest BCUT2D eigenvalue weighted by atomic mass is 9.83. The summed E-state index contributed by atoms with van der Waals surface area (Å²) in [7, 11) is 1.92. The Morgan fingerprint density at radius 3 is 2.62 bits per heavy atom. The number of nitrogens with zero attached hydrogens (tertiary/aromatic N) is 2. The number of fused-ring (bicyclic) bond motifs is 1. The van der Waals surface area contributed by atoms with Gasteiger partial charge in [-0.05, 0) is 36.3 Å². The van der Waals surface area contributed by atoms with Gasteiger partial charge in [0, 0.05) is 24.7 Å². The number of anilines is 1. The van der Waals surface area contributed by atoms with Crippen molar-refractivity contribution in [1.29, 1.82) is 0 Å². The average molecular weight is 281 g/mol. The van der Waals surface area contributed by atoms with Gasteiger partial charge in [0.05, 0.1) is 0 Å². The third-order valence-corrected chi connectivity index (χ3v) is 4.32. The highest BCUT2D eigenvalue weighted by atomic mass is 15.0. The fourth-order valence-corrected chi connectivity index (χ4v) is 3.01. The van der Waals surface area contributed by atoms with Gasteiger partial charge in [-0.15, -0.1) is 0 Å². The van der Waals surface area contributed by atoms with E-state index >= 15 is 0 Å². The zero-order valence-electron chi connectivity index (χ0n) is 13.1. The molecule has 1 aromatic carbocycles. The van der Waals surface area contributed by atoms with E-state index in [9.17, 15) is 0 Å². The standard InChI is InChI=1S/C18H23N3/c1-12(2)16-11-17(19-3)21-18(20-16)15-9-8-13-6-4-5-7-14(13)10-15/h4-7,11-12,15H,8-10H2,1-3H3,(H,19,20,21). The van der Waals surface area contributed by atoms with Gasteiger partial charge in [-0.2, -0.15) is 0 Å². The van der Waals surface area contributed by atoms with Crippen LogP contribution in [0.5, 0.6) is 0 Å². The Hall–Kier alpha value is -1.90. The molecule has 1 aliphatic carbocycles. The van der Waals surface area contributed by atoms with Crippen LogP contribution in [0.15, 0.2) is 30.3 Å². The van der Waals surface area contributed by atoms with E-state index < -0.39 is 0 Å². The molecular formula is C18H23N3. The SMILES string of the molecule is CNc1cc(C(C)C)nc(C2CCc3ccccc3C2)n1. The number of nitrogens with one attached hydrogen (secondary N) is 1. The molecule has 0 spiro atoms. The molecule has 0 bridgehead atoms. The van der Waals surface area contributed by atoms with Crippen LogP contribution in [-0.4, -0.2) is 17.0 Å². The molecule has 3 heteroatoms. The second-order valence-corrected chi connectivity index (χ2v) is 6.15. The third kappa shape index (κ3) is 2.92. The minimum atomic E-state index is 0.426. The molecule has 0 aliphatic heterocycles. The van der Waals surface area contributed by atoms with Gasteiger partial charge >= 0.3 is 0 Å². The summed E-state index contributed by atoms with van der Waals surface area (Å²) in [6.07, 6.45) is 3.33. The van der Waals surface area contributed by atoms with Gasteiger partial charge in [-0.1, -0.05) is 38.1 Å². The molecule has 3 nitrogen and oxygen atoms in total. The topological polar surface area (TPSA) is 37.8 Å². The van der Waals surface area contributed by atoms with Gasteiger partial charge in [0.1, 0.15) is 11.6 Å². The molecule has 1 unspecified atom stereocenters. The summed E-state index contributed by atoms with van der Waals surface area (Å²) in [5.41, 5.74) is 4.07. The number of hydrogen-bond donors (Lipinski definition) is 1. The Bertz CT molecular complexity index is 634. The van der Waals surface area contributed by atoms with E-state index in [1.807, 2.05) is 7.05 Å². The van der Waals surface area contributed by atoms with E-state index in [1.54, 1.807) is 0 Å². The maximum Gasteiger partial charge on any atom is 0.134 e. The Labute approximate surface area is 126 Å². The fraction of sp³-hybridized carbons (Fsp3) is 0.444. The van der Waals surface area contributed by atoms with Crippen LogP contribution in [0, 0.1) is 0 Å². The van der Waals surface area contributed by atoms with Crippen molar-refractivity contribution in [3.8, 4) is 0 Å². The molecule has 2 aromatic rings. The minimum absolute atomic E-state index is 0.426. The van der Waals surface area contributed by atoms with Crippen molar-refractivity contribution >= 4 is 5.82 Å². The van der Waals surface area contributed by atoms with Crippen molar-refractivity contribution < 1.29 is 0 Å². The first kappa shape index (κ1) is 14.1. The molecule has 0 saturated carbocycles. The maximum absolute atomic E-state index is 4.83. The first-order chi connectivity index (χ1) is 10.2. The quantitative estimate of drug-likeness (QED) is 0.926. The monoisotopic (exact) mass is 281 g/mol. The van der Waals surface area contributed by atoms with Crippen LogP contribution < -0.4 is 5.32 Å². The van der Waals surface area contributed by atoms with Crippen LogP contribution >= 0.6 is 0 Å². The fourth-order valence-electron chi connectivity index (χ4n) is 3.01. The Balaban J connectivity index is 1.92. The van der Waals surface area contributed by atoms with Crippen molar-refractivity contribution in [2.24, 2.45) is 0 Å². The molecule has 0 saturated heterocycles. The second kappa shape index (κ2) is 5.84. The van der Waals surface area contributed by atoms with Crippen LogP contribution in [0.1, 0.15) is 54.7 Å². The van der Waals surface area contributed by atoms with E-state index in [-0.39, 0.29) is 0 Å². The van der Waals surface area contributed by atoms with Crippen LogP contribution in [0.2, 0.25) is 0 Å². The van der Waals surface area contributed by atoms with Crippen molar-refractivity contribution in [3.05, 3.63) is 53.0 Å². The van der Waals surface area contributed by atoms with Gasteiger partial charge in [-0.25, -0.2) is 9.97 Å². The molecule has 1 aliphatic rings. The largest absolute Gasteiger partial charge is 0.373 e. The zero-order chi connectivity index (χ0) is 14.8. The lowest BCUT2D eigenvalue weighted by Crippen LogP contribution is -2.16. The predicted octanol–water partition coefficient (Wildman–Crippen LogP) is 3.91. The number of rotatable bonds is 3. The number of aryl methyl sites for hydroxylation is 1. The normalized spacial score (nSPS) is 17.6. The summed E-state index contributed by atoms with van der Waals surface area (Å²) < 4.78 is 0. The molecular weight excluding hydrogens is 258 g/mol. The first-order valence-corrected chi connectivity index (χ1v) is 7.80. The Kier molecular flexibility index (Phi) is 3.91. The summed E-state index contributed by atoms with van der Waals surface area (Å²) in [6.45, 7) is 4.36. The summed E-state index contributed by atoms with van der Waals surface area (Å²) in [6, 6.07) is 10.8. The molecule has 1 N–H and O–H groups in total. The van der Waals surface area contributed by atoms with Gasteiger partial charge < -0.3 is 5.32 Å². The summed E-state index contributed by atoms with van der Waals surface area (Å²) in [5.74, 6) is 2.79. The first-order valence-electron chi connectivity index (χ1n) is 7.80. The average Bonchev–Trinajstić information content (AvgIpc) is 2.53.